The molecule has 0 fully saturated rings. The second kappa shape index (κ2) is 8.85. The molecule has 0 saturated heterocycles. The van der Waals surface area contributed by atoms with E-state index < -0.39 is 0 Å². The van der Waals surface area contributed by atoms with Crippen molar-refractivity contribution in [2.75, 3.05) is 7.11 Å². The standard InChI is InChI=1S/C27H29NO2/c1-19-11-10-16-23-24(19)17-25(27(29)30-3)26(23)28(18-21-12-6-4-7-13-21)20(2)22-14-8-5-9-15-22/h4-16,20,25-26H,17-18H2,1-3H3/t20-,25-,26-/m1/s1. The van der Waals surface area contributed by atoms with Crippen LogP contribution in [-0.4, -0.2) is 18.0 Å². The predicted octanol–water partition coefficient (Wildman–Crippen LogP) is 5.64. The smallest absolute Gasteiger partial charge is 0.310 e. The van der Waals surface area contributed by atoms with Crippen molar-refractivity contribution in [3.8, 4) is 0 Å². The second-order valence-corrected chi connectivity index (χ2v) is 8.17. The topological polar surface area (TPSA) is 29.5 Å². The molecule has 3 nitrogen and oxygen atoms in total. The van der Waals surface area contributed by atoms with Crippen LogP contribution in [0.15, 0.2) is 78.9 Å². The molecular weight excluding hydrogens is 370 g/mol. The van der Waals surface area contributed by atoms with Gasteiger partial charge in [0.05, 0.1) is 13.0 Å². The molecule has 1 aliphatic rings. The molecular formula is C27H29NO2. The van der Waals surface area contributed by atoms with Crippen molar-refractivity contribution in [2.24, 2.45) is 5.92 Å². The third kappa shape index (κ3) is 3.90. The maximum atomic E-state index is 12.9. The van der Waals surface area contributed by atoms with Crippen molar-refractivity contribution in [1.82, 2.24) is 4.90 Å². The minimum absolute atomic E-state index is 0.0252. The summed E-state index contributed by atoms with van der Waals surface area (Å²) >= 11 is 0. The van der Waals surface area contributed by atoms with Crippen LogP contribution in [0.2, 0.25) is 0 Å². The molecule has 0 unspecified atom stereocenters. The van der Waals surface area contributed by atoms with Crippen LogP contribution in [-0.2, 0) is 22.5 Å². The number of carbonyl (C=O) groups is 1. The number of hydrogen-bond donors (Lipinski definition) is 0. The summed E-state index contributed by atoms with van der Waals surface area (Å²) in [7, 11) is 1.50. The van der Waals surface area contributed by atoms with Gasteiger partial charge in [-0.05, 0) is 48.1 Å². The van der Waals surface area contributed by atoms with E-state index in [1.54, 1.807) is 0 Å². The van der Waals surface area contributed by atoms with Crippen LogP contribution in [0.4, 0.5) is 0 Å². The van der Waals surface area contributed by atoms with Crippen molar-refractivity contribution in [3.63, 3.8) is 0 Å². The van der Waals surface area contributed by atoms with E-state index in [0.29, 0.717) is 0 Å². The first-order valence-electron chi connectivity index (χ1n) is 10.6. The predicted molar refractivity (Wildman–Crippen MR) is 120 cm³/mol. The number of carbonyl (C=O) groups excluding carboxylic acids is 1. The Labute approximate surface area is 179 Å². The highest BCUT2D eigenvalue weighted by Gasteiger charge is 2.43. The molecule has 3 aromatic rings. The van der Waals surface area contributed by atoms with E-state index in [1.165, 1.54) is 34.9 Å². The first kappa shape index (κ1) is 20.4. The van der Waals surface area contributed by atoms with Gasteiger partial charge in [-0.2, -0.15) is 0 Å². The Morgan fingerprint density at radius 3 is 2.33 bits per heavy atom. The molecule has 4 rings (SSSR count). The molecule has 3 atom stereocenters. The molecule has 0 bridgehead atoms. The summed E-state index contributed by atoms with van der Waals surface area (Å²) in [6.45, 7) is 5.14. The summed E-state index contributed by atoms with van der Waals surface area (Å²) < 4.78 is 5.26. The van der Waals surface area contributed by atoms with Gasteiger partial charge in [0.15, 0.2) is 0 Å². The van der Waals surface area contributed by atoms with Gasteiger partial charge >= 0.3 is 5.97 Å². The van der Waals surface area contributed by atoms with Gasteiger partial charge in [0.1, 0.15) is 0 Å². The number of ether oxygens (including phenoxy) is 1. The van der Waals surface area contributed by atoms with Crippen LogP contribution in [0.5, 0.6) is 0 Å². The van der Waals surface area contributed by atoms with E-state index in [2.05, 4.69) is 85.5 Å². The summed E-state index contributed by atoms with van der Waals surface area (Å²) in [4.78, 5) is 15.3. The summed E-state index contributed by atoms with van der Waals surface area (Å²) in [5.41, 5.74) is 6.28. The third-order valence-electron chi connectivity index (χ3n) is 6.42. The van der Waals surface area contributed by atoms with Gasteiger partial charge in [-0.1, -0.05) is 78.9 Å². The van der Waals surface area contributed by atoms with E-state index in [1.807, 2.05) is 12.1 Å². The number of aryl methyl sites for hydroxylation is 1. The van der Waals surface area contributed by atoms with Crippen molar-refractivity contribution in [1.29, 1.82) is 0 Å². The van der Waals surface area contributed by atoms with Gasteiger partial charge in [0, 0.05) is 18.6 Å². The molecule has 0 amide bonds. The normalized spacial score (nSPS) is 18.8. The van der Waals surface area contributed by atoms with E-state index in [4.69, 9.17) is 4.74 Å². The van der Waals surface area contributed by atoms with Crippen molar-refractivity contribution in [3.05, 3.63) is 107 Å². The number of esters is 1. The van der Waals surface area contributed by atoms with E-state index >= 15 is 0 Å². The Kier molecular flexibility index (Phi) is 6.01. The number of benzene rings is 3. The monoisotopic (exact) mass is 399 g/mol. The molecule has 0 radical (unpaired) electrons. The molecule has 3 heteroatoms. The third-order valence-corrected chi connectivity index (χ3v) is 6.42. The lowest BCUT2D eigenvalue weighted by Gasteiger charge is -2.38. The molecule has 0 saturated carbocycles. The molecule has 0 N–H and O–H groups in total. The quantitative estimate of drug-likeness (QED) is 0.502. The molecule has 154 valence electrons. The fourth-order valence-corrected chi connectivity index (χ4v) is 4.80. The van der Waals surface area contributed by atoms with Crippen LogP contribution in [0, 0.1) is 12.8 Å². The van der Waals surface area contributed by atoms with Gasteiger partial charge in [-0.3, -0.25) is 9.69 Å². The van der Waals surface area contributed by atoms with E-state index in [9.17, 15) is 4.79 Å². The minimum atomic E-state index is -0.207. The molecule has 0 aliphatic heterocycles. The number of rotatable bonds is 6. The lowest BCUT2D eigenvalue weighted by atomic mass is 9.94. The molecule has 0 heterocycles. The Balaban J connectivity index is 1.81. The van der Waals surface area contributed by atoms with Crippen LogP contribution < -0.4 is 0 Å². The van der Waals surface area contributed by atoms with Gasteiger partial charge < -0.3 is 4.74 Å². The number of fused-ring (bicyclic) bond motifs is 1. The minimum Gasteiger partial charge on any atom is -0.469 e. The fourth-order valence-electron chi connectivity index (χ4n) is 4.80. The Hall–Kier alpha value is -2.91. The highest BCUT2D eigenvalue weighted by Crippen LogP contribution is 2.46. The van der Waals surface area contributed by atoms with Crippen LogP contribution in [0.1, 0.15) is 46.8 Å². The molecule has 3 aromatic carbocycles. The first-order chi connectivity index (χ1) is 14.6. The van der Waals surface area contributed by atoms with Gasteiger partial charge in [-0.25, -0.2) is 0 Å². The average Bonchev–Trinajstić information content (AvgIpc) is 3.18. The maximum Gasteiger partial charge on any atom is 0.310 e. The second-order valence-electron chi connectivity index (χ2n) is 8.17. The van der Waals surface area contributed by atoms with Crippen molar-refractivity contribution < 1.29 is 9.53 Å². The largest absolute Gasteiger partial charge is 0.469 e. The zero-order valence-electron chi connectivity index (χ0n) is 17.9. The summed E-state index contributed by atoms with van der Waals surface area (Å²) in [5, 5.41) is 0. The number of methoxy groups -OCH3 is 1. The number of hydrogen-bond acceptors (Lipinski definition) is 3. The molecule has 30 heavy (non-hydrogen) atoms. The maximum absolute atomic E-state index is 12.9. The Bertz CT molecular complexity index is 1000. The van der Waals surface area contributed by atoms with Crippen LogP contribution in [0.3, 0.4) is 0 Å². The fraction of sp³-hybridized carbons (Fsp3) is 0.296. The van der Waals surface area contributed by atoms with Crippen LogP contribution in [0.25, 0.3) is 0 Å². The molecule has 0 aromatic heterocycles. The van der Waals surface area contributed by atoms with Crippen molar-refractivity contribution in [2.45, 2.75) is 38.9 Å². The highest BCUT2D eigenvalue weighted by atomic mass is 16.5. The zero-order valence-corrected chi connectivity index (χ0v) is 17.9. The summed E-state index contributed by atoms with van der Waals surface area (Å²) in [6, 6.07) is 27.6. The Morgan fingerprint density at radius 1 is 1.00 bits per heavy atom. The highest BCUT2D eigenvalue weighted by molar-refractivity contribution is 5.75. The van der Waals surface area contributed by atoms with E-state index in [-0.39, 0.29) is 24.0 Å². The lowest BCUT2D eigenvalue weighted by molar-refractivity contribution is -0.148. The van der Waals surface area contributed by atoms with Gasteiger partial charge in [-0.15, -0.1) is 0 Å². The molecule has 1 aliphatic carbocycles. The zero-order chi connectivity index (χ0) is 21.1. The van der Waals surface area contributed by atoms with Crippen LogP contribution >= 0.6 is 0 Å². The number of nitrogens with zero attached hydrogens (tertiary/aromatic N) is 1. The first-order valence-corrected chi connectivity index (χ1v) is 10.6. The van der Waals surface area contributed by atoms with Gasteiger partial charge in [0.2, 0.25) is 0 Å². The summed E-state index contributed by atoms with van der Waals surface area (Å²) in [6.07, 6.45) is 0.728. The van der Waals surface area contributed by atoms with E-state index in [0.717, 1.165) is 13.0 Å². The summed E-state index contributed by atoms with van der Waals surface area (Å²) in [5.74, 6) is -0.338. The SMILES string of the molecule is COC(=O)[C@@H]1Cc2c(C)cccc2[C@H]1N(Cc1ccccc1)[C@H](C)c1ccccc1. The molecule has 0 spiro atoms. The van der Waals surface area contributed by atoms with Gasteiger partial charge in [0.25, 0.3) is 0 Å². The Morgan fingerprint density at radius 2 is 1.67 bits per heavy atom. The average molecular weight is 400 g/mol. The lowest BCUT2D eigenvalue weighted by Crippen LogP contribution is -2.37. The van der Waals surface area contributed by atoms with Crippen molar-refractivity contribution >= 4 is 5.97 Å².